The minimum Gasteiger partial charge on any atom is -0.497 e. The molecule has 1 N–H and O–H groups in total. The smallest absolute Gasteiger partial charge is 0.119 e. The second kappa shape index (κ2) is 6.02. The fraction of sp³-hybridized carbons (Fsp3) is 0.222. The number of hydrogen-bond donors (Lipinski definition) is 1. The third kappa shape index (κ3) is 2.78. The molecule has 0 atom stereocenters. The van der Waals surface area contributed by atoms with Gasteiger partial charge in [-0.1, -0.05) is 30.3 Å². The van der Waals surface area contributed by atoms with Crippen molar-refractivity contribution in [3.8, 4) is 5.75 Å². The molecule has 0 fully saturated rings. The van der Waals surface area contributed by atoms with Crippen LogP contribution in [0.25, 0.3) is 10.9 Å². The van der Waals surface area contributed by atoms with Crippen LogP contribution in [-0.2, 0) is 13.1 Å². The van der Waals surface area contributed by atoms with Crippen molar-refractivity contribution in [1.29, 1.82) is 0 Å². The second-order valence-corrected chi connectivity index (χ2v) is 5.18. The lowest BCUT2D eigenvalue weighted by molar-refractivity contribution is 0.414. The zero-order valence-corrected chi connectivity index (χ0v) is 12.5. The molecule has 108 valence electrons. The van der Waals surface area contributed by atoms with Gasteiger partial charge in [-0.2, -0.15) is 0 Å². The van der Waals surface area contributed by atoms with Crippen molar-refractivity contribution in [2.24, 2.45) is 0 Å². The summed E-state index contributed by atoms with van der Waals surface area (Å²) < 4.78 is 7.61. The Morgan fingerprint density at radius 1 is 1.10 bits per heavy atom. The quantitative estimate of drug-likeness (QED) is 0.775. The summed E-state index contributed by atoms with van der Waals surface area (Å²) in [6.45, 7) is 1.72. The van der Waals surface area contributed by atoms with E-state index in [2.05, 4.69) is 52.5 Å². The van der Waals surface area contributed by atoms with Crippen LogP contribution in [0.3, 0.4) is 0 Å². The molecule has 2 aromatic carbocycles. The number of ether oxygens (including phenoxy) is 1. The SMILES string of the molecule is CNCc1cccc2ccn(Cc3cccc(OC)c3)c12. The molecule has 3 rings (SSSR count). The third-order valence-electron chi connectivity index (χ3n) is 3.73. The minimum atomic E-state index is 0.849. The van der Waals surface area contributed by atoms with E-state index in [4.69, 9.17) is 4.74 Å². The summed E-state index contributed by atoms with van der Waals surface area (Å²) in [6, 6.07) is 16.9. The Morgan fingerprint density at radius 3 is 2.76 bits per heavy atom. The van der Waals surface area contributed by atoms with Gasteiger partial charge in [0.25, 0.3) is 0 Å². The van der Waals surface area contributed by atoms with Gasteiger partial charge in [0.1, 0.15) is 5.75 Å². The van der Waals surface area contributed by atoms with Crippen molar-refractivity contribution in [2.45, 2.75) is 13.1 Å². The molecule has 0 amide bonds. The maximum Gasteiger partial charge on any atom is 0.119 e. The summed E-state index contributed by atoms with van der Waals surface area (Å²) >= 11 is 0. The van der Waals surface area contributed by atoms with Crippen LogP contribution < -0.4 is 10.1 Å². The van der Waals surface area contributed by atoms with Gasteiger partial charge >= 0.3 is 0 Å². The standard InChI is InChI=1S/C18H20N2O/c1-19-12-16-7-4-6-15-9-10-20(18(15)16)13-14-5-3-8-17(11-14)21-2/h3-11,19H,12-13H2,1-2H3. The monoisotopic (exact) mass is 280 g/mol. The summed E-state index contributed by atoms with van der Waals surface area (Å²) in [7, 11) is 3.68. The highest BCUT2D eigenvalue weighted by Gasteiger charge is 2.07. The number of rotatable bonds is 5. The van der Waals surface area contributed by atoms with Crippen LogP contribution in [-0.4, -0.2) is 18.7 Å². The van der Waals surface area contributed by atoms with Crippen molar-refractivity contribution < 1.29 is 4.74 Å². The van der Waals surface area contributed by atoms with Crippen LogP contribution in [0.4, 0.5) is 0 Å². The second-order valence-electron chi connectivity index (χ2n) is 5.18. The highest BCUT2D eigenvalue weighted by molar-refractivity contribution is 5.83. The third-order valence-corrected chi connectivity index (χ3v) is 3.73. The van der Waals surface area contributed by atoms with Gasteiger partial charge in [0.2, 0.25) is 0 Å². The largest absolute Gasteiger partial charge is 0.497 e. The Hall–Kier alpha value is -2.26. The first-order valence-electron chi connectivity index (χ1n) is 7.16. The number of aromatic nitrogens is 1. The van der Waals surface area contributed by atoms with E-state index in [1.807, 2.05) is 19.2 Å². The topological polar surface area (TPSA) is 26.2 Å². The Labute approximate surface area is 125 Å². The number of methoxy groups -OCH3 is 1. The van der Waals surface area contributed by atoms with Gasteiger partial charge in [0.05, 0.1) is 12.6 Å². The van der Waals surface area contributed by atoms with Crippen molar-refractivity contribution in [1.82, 2.24) is 9.88 Å². The molecule has 1 aromatic heterocycles. The number of benzene rings is 2. The molecule has 0 aliphatic rings. The van der Waals surface area contributed by atoms with Crippen molar-refractivity contribution >= 4 is 10.9 Å². The van der Waals surface area contributed by atoms with Crippen LogP contribution in [0, 0.1) is 0 Å². The lowest BCUT2D eigenvalue weighted by atomic mass is 10.1. The van der Waals surface area contributed by atoms with Gasteiger partial charge in [-0.05, 0) is 41.8 Å². The predicted octanol–water partition coefficient (Wildman–Crippen LogP) is 3.42. The van der Waals surface area contributed by atoms with Crippen LogP contribution in [0.15, 0.2) is 54.7 Å². The maximum atomic E-state index is 5.30. The van der Waals surface area contributed by atoms with Crippen LogP contribution in [0.1, 0.15) is 11.1 Å². The van der Waals surface area contributed by atoms with Crippen molar-refractivity contribution in [3.63, 3.8) is 0 Å². The van der Waals surface area contributed by atoms with E-state index >= 15 is 0 Å². The summed E-state index contributed by atoms with van der Waals surface area (Å²) in [5, 5.41) is 4.52. The Morgan fingerprint density at radius 2 is 1.95 bits per heavy atom. The van der Waals surface area contributed by atoms with E-state index in [0.717, 1.165) is 18.8 Å². The Balaban J connectivity index is 2.00. The van der Waals surface area contributed by atoms with Gasteiger partial charge in [-0.25, -0.2) is 0 Å². The first-order chi connectivity index (χ1) is 10.3. The molecule has 3 heteroatoms. The molecule has 0 saturated carbocycles. The first kappa shape index (κ1) is 13.7. The lowest BCUT2D eigenvalue weighted by Gasteiger charge is -2.11. The van der Waals surface area contributed by atoms with Crippen LogP contribution in [0.2, 0.25) is 0 Å². The summed E-state index contributed by atoms with van der Waals surface area (Å²) in [5.74, 6) is 0.902. The molecule has 0 saturated heterocycles. The van der Waals surface area contributed by atoms with Gasteiger partial charge in [0.15, 0.2) is 0 Å². The molecule has 1 heterocycles. The normalized spacial score (nSPS) is 11.0. The number of nitrogens with zero attached hydrogens (tertiary/aromatic N) is 1. The molecule has 0 radical (unpaired) electrons. The summed E-state index contributed by atoms with van der Waals surface area (Å²) in [4.78, 5) is 0. The number of hydrogen-bond acceptors (Lipinski definition) is 2. The van der Waals surface area contributed by atoms with E-state index in [0.29, 0.717) is 0 Å². The van der Waals surface area contributed by atoms with Crippen molar-refractivity contribution in [2.75, 3.05) is 14.2 Å². The van der Waals surface area contributed by atoms with E-state index in [1.165, 1.54) is 22.0 Å². The summed E-state index contributed by atoms with van der Waals surface area (Å²) in [6.07, 6.45) is 2.16. The van der Waals surface area contributed by atoms with Gasteiger partial charge in [0, 0.05) is 19.3 Å². The molecule has 21 heavy (non-hydrogen) atoms. The zero-order chi connectivity index (χ0) is 14.7. The zero-order valence-electron chi connectivity index (χ0n) is 12.5. The molecule has 0 bridgehead atoms. The fourth-order valence-electron chi connectivity index (χ4n) is 2.77. The van der Waals surface area contributed by atoms with Crippen LogP contribution >= 0.6 is 0 Å². The molecule has 0 aliphatic carbocycles. The van der Waals surface area contributed by atoms with E-state index in [-0.39, 0.29) is 0 Å². The molecule has 0 unspecified atom stereocenters. The maximum absolute atomic E-state index is 5.30. The average Bonchev–Trinajstić information content (AvgIpc) is 2.92. The first-order valence-corrected chi connectivity index (χ1v) is 7.16. The molecule has 0 spiro atoms. The molecule has 3 nitrogen and oxygen atoms in total. The van der Waals surface area contributed by atoms with Crippen LogP contribution in [0.5, 0.6) is 5.75 Å². The van der Waals surface area contributed by atoms with E-state index in [9.17, 15) is 0 Å². The van der Waals surface area contributed by atoms with Gasteiger partial charge in [-0.15, -0.1) is 0 Å². The molecule has 0 aliphatic heterocycles. The average molecular weight is 280 g/mol. The van der Waals surface area contributed by atoms with Gasteiger partial charge in [-0.3, -0.25) is 0 Å². The fourth-order valence-corrected chi connectivity index (χ4v) is 2.77. The molecular weight excluding hydrogens is 260 g/mol. The lowest BCUT2D eigenvalue weighted by Crippen LogP contribution is -2.08. The predicted molar refractivity (Wildman–Crippen MR) is 86.8 cm³/mol. The number of fused-ring (bicyclic) bond motifs is 1. The number of para-hydroxylation sites is 1. The molecular formula is C18H20N2O. The summed E-state index contributed by atoms with van der Waals surface area (Å²) in [5.41, 5.74) is 3.86. The van der Waals surface area contributed by atoms with E-state index in [1.54, 1.807) is 7.11 Å². The number of nitrogens with one attached hydrogen (secondary N) is 1. The minimum absolute atomic E-state index is 0.849. The van der Waals surface area contributed by atoms with E-state index < -0.39 is 0 Å². The van der Waals surface area contributed by atoms with Crippen molar-refractivity contribution in [3.05, 3.63) is 65.9 Å². The highest BCUT2D eigenvalue weighted by Crippen LogP contribution is 2.22. The molecule has 3 aromatic rings. The Kier molecular flexibility index (Phi) is 3.93. The van der Waals surface area contributed by atoms with Gasteiger partial charge < -0.3 is 14.6 Å². The highest BCUT2D eigenvalue weighted by atomic mass is 16.5. The Bertz CT molecular complexity index is 746.